The molecule has 136 valence electrons. The van der Waals surface area contributed by atoms with Gasteiger partial charge in [0.2, 0.25) is 5.91 Å². The fourth-order valence-electron chi connectivity index (χ4n) is 4.70. The van der Waals surface area contributed by atoms with E-state index >= 15 is 0 Å². The quantitative estimate of drug-likeness (QED) is 0.829. The number of carbonyl (C=O) groups is 1. The summed E-state index contributed by atoms with van der Waals surface area (Å²) in [6.45, 7) is 3.77. The Balaban J connectivity index is 1.44. The summed E-state index contributed by atoms with van der Waals surface area (Å²) in [4.78, 5) is 26.8. The van der Waals surface area contributed by atoms with Gasteiger partial charge in [0.15, 0.2) is 0 Å². The Kier molecular flexibility index (Phi) is 5.02. The molecule has 0 radical (unpaired) electrons. The number of amides is 1. The Morgan fingerprint density at radius 1 is 1.12 bits per heavy atom. The molecule has 3 heterocycles. The second-order valence-corrected chi connectivity index (χ2v) is 8.15. The van der Waals surface area contributed by atoms with E-state index < -0.39 is 0 Å². The minimum atomic E-state index is 0.258. The summed E-state index contributed by atoms with van der Waals surface area (Å²) < 4.78 is 0. The average molecular weight is 342 g/mol. The lowest BCUT2D eigenvalue weighted by Gasteiger charge is -2.33. The fourth-order valence-corrected chi connectivity index (χ4v) is 4.70. The van der Waals surface area contributed by atoms with Gasteiger partial charge in [-0.15, -0.1) is 0 Å². The van der Waals surface area contributed by atoms with Crippen molar-refractivity contribution in [1.29, 1.82) is 0 Å². The second-order valence-electron chi connectivity index (χ2n) is 8.15. The minimum absolute atomic E-state index is 0.258. The van der Waals surface area contributed by atoms with Crippen LogP contribution < -0.4 is 0 Å². The normalized spacial score (nSPS) is 25.6. The van der Waals surface area contributed by atoms with Crippen molar-refractivity contribution in [2.45, 2.75) is 63.8 Å². The van der Waals surface area contributed by atoms with Crippen LogP contribution in [-0.2, 0) is 17.8 Å². The van der Waals surface area contributed by atoms with Crippen LogP contribution in [0.4, 0.5) is 0 Å². The Labute approximate surface area is 150 Å². The zero-order valence-electron chi connectivity index (χ0n) is 15.4. The first-order valence-corrected chi connectivity index (χ1v) is 10.0. The molecule has 0 bridgehead atoms. The van der Waals surface area contributed by atoms with Crippen molar-refractivity contribution in [2.75, 3.05) is 26.7 Å². The number of carbonyl (C=O) groups excluding carboxylic acids is 1. The van der Waals surface area contributed by atoms with E-state index in [1.54, 1.807) is 0 Å². The first-order valence-electron chi connectivity index (χ1n) is 10.0. The predicted molar refractivity (Wildman–Crippen MR) is 97.2 cm³/mol. The molecular formula is C20H30N4O. The Hall–Kier alpha value is -1.49. The van der Waals surface area contributed by atoms with Crippen molar-refractivity contribution in [3.63, 3.8) is 0 Å². The molecule has 1 amide bonds. The van der Waals surface area contributed by atoms with Crippen molar-refractivity contribution >= 4 is 5.91 Å². The lowest BCUT2D eigenvalue weighted by atomic mass is 9.88. The highest BCUT2D eigenvalue weighted by molar-refractivity contribution is 5.79. The molecule has 0 spiro atoms. The number of aromatic nitrogens is 2. The molecule has 1 aliphatic carbocycles. The third-order valence-electron chi connectivity index (χ3n) is 6.21. The van der Waals surface area contributed by atoms with E-state index in [0.29, 0.717) is 18.4 Å². The number of nitrogens with zero attached hydrogens (tertiary/aromatic N) is 4. The van der Waals surface area contributed by atoms with E-state index in [1.165, 1.54) is 44.3 Å². The number of likely N-dealkylation sites (N-methyl/N-ethyl adjacent to an activating group) is 1. The van der Waals surface area contributed by atoms with Crippen LogP contribution in [0, 0.1) is 5.92 Å². The molecule has 1 saturated heterocycles. The van der Waals surface area contributed by atoms with Crippen LogP contribution in [0.1, 0.15) is 67.9 Å². The fraction of sp³-hybridized carbons (Fsp3) is 0.750. The number of hydrogen-bond acceptors (Lipinski definition) is 4. The maximum absolute atomic E-state index is 12.8. The summed E-state index contributed by atoms with van der Waals surface area (Å²) in [7, 11) is 2.18. The van der Waals surface area contributed by atoms with E-state index in [2.05, 4.69) is 21.8 Å². The summed E-state index contributed by atoms with van der Waals surface area (Å²) in [5.74, 6) is 2.10. The lowest BCUT2D eigenvalue weighted by molar-refractivity contribution is -0.137. The molecule has 5 nitrogen and oxygen atoms in total. The third kappa shape index (κ3) is 3.71. The van der Waals surface area contributed by atoms with Crippen LogP contribution in [0.5, 0.6) is 0 Å². The van der Waals surface area contributed by atoms with E-state index in [9.17, 15) is 4.79 Å². The van der Waals surface area contributed by atoms with Gasteiger partial charge in [-0.25, -0.2) is 9.97 Å². The van der Waals surface area contributed by atoms with Crippen LogP contribution in [0.15, 0.2) is 6.20 Å². The summed E-state index contributed by atoms with van der Waals surface area (Å²) in [5.41, 5.74) is 2.33. The van der Waals surface area contributed by atoms with Crippen molar-refractivity contribution in [3.8, 4) is 0 Å². The molecule has 4 rings (SSSR count). The van der Waals surface area contributed by atoms with Gasteiger partial charge >= 0.3 is 0 Å². The SMILES string of the molecule is CN1CCC[C@H](c2ncc3c(n2)CCN(C(=O)C2CCCCC2)C3)C1. The first kappa shape index (κ1) is 17.0. The van der Waals surface area contributed by atoms with E-state index in [4.69, 9.17) is 4.98 Å². The molecule has 1 aromatic heterocycles. The number of fused-ring (bicyclic) bond motifs is 1. The molecule has 1 aromatic rings. The Bertz CT molecular complexity index is 626. The van der Waals surface area contributed by atoms with Crippen LogP contribution in [0.25, 0.3) is 0 Å². The molecule has 0 unspecified atom stereocenters. The monoisotopic (exact) mass is 342 g/mol. The van der Waals surface area contributed by atoms with Crippen LogP contribution in [0.2, 0.25) is 0 Å². The summed E-state index contributed by atoms with van der Waals surface area (Å²) in [6, 6.07) is 0. The zero-order valence-corrected chi connectivity index (χ0v) is 15.4. The van der Waals surface area contributed by atoms with Crippen molar-refractivity contribution in [3.05, 3.63) is 23.3 Å². The highest BCUT2D eigenvalue weighted by atomic mass is 16.2. The number of piperidine rings is 1. The van der Waals surface area contributed by atoms with Gasteiger partial charge in [0.05, 0.1) is 5.69 Å². The smallest absolute Gasteiger partial charge is 0.225 e. The highest BCUT2D eigenvalue weighted by Crippen LogP contribution is 2.29. The van der Waals surface area contributed by atoms with Gasteiger partial charge in [-0.05, 0) is 39.3 Å². The van der Waals surface area contributed by atoms with Gasteiger partial charge in [-0.2, -0.15) is 0 Å². The van der Waals surface area contributed by atoms with Gasteiger partial charge < -0.3 is 9.80 Å². The topological polar surface area (TPSA) is 49.3 Å². The zero-order chi connectivity index (χ0) is 17.2. The molecule has 1 atom stereocenters. The summed E-state index contributed by atoms with van der Waals surface area (Å²) >= 11 is 0. The largest absolute Gasteiger partial charge is 0.338 e. The predicted octanol–water partition coefficient (Wildman–Crippen LogP) is 2.75. The molecule has 1 saturated carbocycles. The van der Waals surface area contributed by atoms with Gasteiger partial charge in [0.1, 0.15) is 5.82 Å². The van der Waals surface area contributed by atoms with Crippen LogP contribution in [-0.4, -0.2) is 52.4 Å². The molecule has 5 heteroatoms. The number of likely N-dealkylation sites (tertiary alicyclic amines) is 1. The van der Waals surface area contributed by atoms with Crippen molar-refractivity contribution < 1.29 is 4.79 Å². The minimum Gasteiger partial charge on any atom is -0.338 e. The Morgan fingerprint density at radius 3 is 2.76 bits per heavy atom. The summed E-state index contributed by atoms with van der Waals surface area (Å²) in [5, 5.41) is 0. The van der Waals surface area contributed by atoms with Crippen LogP contribution in [0.3, 0.4) is 0 Å². The second kappa shape index (κ2) is 7.40. The van der Waals surface area contributed by atoms with Gasteiger partial charge in [0, 0.05) is 49.7 Å². The van der Waals surface area contributed by atoms with Gasteiger partial charge in [-0.3, -0.25) is 4.79 Å². The molecule has 2 aliphatic heterocycles. The molecule has 25 heavy (non-hydrogen) atoms. The van der Waals surface area contributed by atoms with E-state index in [-0.39, 0.29) is 5.92 Å². The molecular weight excluding hydrogens is 312 g/mol. The number of rotatable bonds is 2. The average Bonchev–Trinajstić information content (AvgIpc) is 2.67. The van der Waals surface area contributed by atoms with Crippen molar-refractivity contribution in [2.24, 2.45) is 5.92 Å². The molecule has 2 fully saturated rings. The molecule has 0 N–H and O–H groups in total. The highest BCUT2D eigenvalue weighted by Gasteiger charge is 2.30. The van der Waals surface area contributed by atoms with E-state index in [0.717, 1.165) is 43.7 Å². The first-order chi connectivity index (χ1) is 12.2. The van der Waals surface area contributed by atoms with Crippen LogP contribution >= 0.6 is 0 Å². The molecule has 3 aliphatic rings. The van der Waals surface area contributed by atoms with Crippen molar-refractivity contribution in [1.82, 2.24) is 19.8 Å². The third-order valence-corrected chi connectivity index (χ3v) is 6.21. The van der Waals surface area contributed by atoms with Gasteiger partial charge in [-0.1, -0.05) is 19.3 Å². The maximum Gasteiger partial charge on any atom is 0.225 e. The number of hydrogen-bond donors (Lipinski definition) is 0. The lowest BCUT2D eigenvalue weighted by Crippen LogP contribution is -2.41. The van der Waals surface area contributed by atoms with Gasteiger partial charge in [0.25, 0.3) is 0 Å². The maximum atomic E-state index is 12.8. The Morgan fingerprint density at radius 2 is 1.96 bits per heavy atom. The standard InChI is InChI=1S/C20H30N4O/c1-23-10-5-8-16(13-23)19-21-12-17-14-24(11-9-18(17)22-19)20(25)15-6-3-2-4-7-15/h12,15-16H,2-11,13-14H2,1H3/t16-/m0/s1. The molecule has 0 aromatic carbocycles. The summed E-state index contributed by atoms with van der Waals surface area (Å²) in [6.07, 6.45) is 11.2. The van der Waals surface area contributed by atoms with E-state index in [1.807, 2.05) is 6.20 Å².